The van der Waals surface area contributed by atoms with E-state index in [-0.39, 0.29) is 6.42 Å². The largest absolute Gasteiger partial charge is 0.444 e. The molecule has 0 aliphatic carbocycles. The van der Waals surface area contributed by atoms with E-state index < -0.39 is 107 Å². The summed E-state index contributed by atoms with van der Waals surface area (Å²) < 4.78 is 203. The van der Waals surface area contributed by atoms with Crippen molar-refractivity contribution < 1.29 is 70.9 Å². The molecule has 1 saturated heterocycles. The maximum absolute atomic E-state index is 14.4. The van der Waals surface area contributed by atoms with Gasteiger partial charge in [-0.3, -0.25) is 0 Å². The highest BCUT2D eigenvalue weighted by Gasteiger charge is 2.63. The standard InChI is InChI=1S/C19H8F14O2/c20-6-5(19(32,33)17(29)18(30,31)4-2-1-3-34-4)7(21)12(26)15(11(6)25)35-16-13(27)9(23)8(22)10(24)14(16)28/h4,17H,1-3H2. The van der Waals surface area contributed by atoms with Crippen LogP contribution in [0.15, 0.2) is 0 Å². The van der Waals surface area contributed by atoms with E-state index in [1.54, 1.807) is 0 Å². The Morgan fingerprint density at radius 1 is 0.657 bits per heavy atom. The van der Waals surface area contributed by atoms with Gasteiger partial charge >= 0.3 is 11.8 Å². The molecule has 1 fully saturated rings. The first-order chi connectivity index (χ1) is 16.1. The fourth-order valence-corrected chi connectivity index (χ4v) is 3.18. The second-order valence-corrected chi connectivity index (χ2v) is 7.12. The minimum atomic E-state index is -5.96. The molecule has 2 aromatic rings. The van der Waals surface area contributed by atoms with Crippen LogP contribution in [0, 0.1) is 52.4 Å². The lowest BCUT2D eigenvalue weighted by Gasteiger charge is -2.31. The minimum Gasteiger partial charge on any atom is -0.444 e. The molecule has 35 heavy (non-hydrogen) atoms. The third kappa shape index (κ3) is 4.14. The number of benzene rings is 2. The van der Waals surface area contributed by atoms with Gasteiger partial charge in [-0.2, -0.15) is 26.3 Å². The predicted octanol–water partition coefficient (Wildman–Crippen LogP) is 6.98. The smallest absolute Gasteiger partial charge is 0.315 e. The van der Waals surface area contributed by atoms with Gasteiger partial charge in [-0.05, 0) is 12.8 Å². The average Bonchev–Trinajstić information content (AvgIpc) is 3.35. The summed E-state index contributed by atoms with van der Waals surface area (Å²) in [6.07, 6.45) is -8.02. The van der Waals surface area contributed by atoms with E-state index in [2.05, 4.69) is 9.47 Å². The molecule has 0 amide bonds. The van der Waals surface area contributed by atoms with Gasteiger partial charge in [-0.1, -0.05) is 0 Å². The Labute approximate surface area is 185 Å². The van der Waals surface area contributed by atoms with Gasteiger partial charge < -0.3 is 9.47 Å². The van der Waals surface area contributed by atoms with Crippen molar-refractivity contribution >= 4 is 0 Å². The van der Waals surface area contributed by atoms with Crippen LogP contribution in [-0.2, 0) is 10.7 Å². The summed E-state index contributed by atoms with van der Waals surface area (Å²) in [6.45, 7) is -0.395. The lowest BCUT2D eigenvalue weighted by molar-refractivity contribution is -0.227. The monoisotopic (exact) mass is 534 g/mol. The molecule has 1 aliphatic heterocycles. The fourth-order valence-electron chi connectivity index (χ4n) is 3.18. The number of hydrogen-bond donors (Lipinski definition) is 0. The topological polar surface area (TPSA) is 18.5 Å². The third-order valence-corrected chi connectivity index (χ3v) is 4.95. The normalized spacial score (nSPS) is 17.7. The maximum atomic E-state index is 14.4. The van der Waals surface area contributed by atoms with E-state index in [0.29, 0.717) is 0 Å². The average molecular weight is 534 g/mol. The van der Waals surface area contributed by atoms with E-state index >= 15 is 0 Å². The highest BCUT2D eigenvalue weighted by molar-refractivity contribution is 5.41. The molecule has 0 N–H and O–H groups in total. The highest BCUT2D eigenvalue weighted by atomic mass is 19.3. The molecule has 0 spiro atoms. The van der Waals surface area contributed by atoms with Crippen molar-refractivity contribution in [2.24, 2.45) is 0 Å². The molecule has 0 bridgehead atoms. The number of halogens is 14. The van der Waals surface area contributed by atoms with Crippen molar-refractivity contribution in [1.29, 1.82) is 0 Å². The Balaban J connectivity index is 2.13. The summed E-state index contributed by atoms with van der Waals surface area (Å²) >= 11 is 0. The third-order valence-electron chi connectivity index (χ3n) is 4.95. The van der Waals surface area contributed by atoms with Crippen LogP contribution >= 0.6 is 0 Å². The quantitative estimate of drug-likeness (QED) is 0.226. The first-order valence-corrected chi connectivity index (χ1v) is 9.13. The van der Waals surface area contributed by atoms with Crippen LogP contribution in [-0.4, -0.2) is 24.8 Å². The van der Waals surface area contributed by atoms with Crippen molar-refractivity contribution in [1.82, 2.24) is 0 Å². The molecular formula is C19H8F14O2. The van der Waals surface area contributed by atoms with Gasteiger partial charge in [-0.25, -0.2) is 35.1 Å². The van der Waals surface area contributed by atoms with Gasteiger partial charge in [-0.15, -0.1) is 0 Å². The lowest BCUT2D eigenvalue weighted by atomic mass is 9.94. The van der Waals surface area contributed by atoms with Crippen molar-refractivity contribution in [3.63, 3.8) is 0 Å². The zero-order valence-corrected chi connectivity index (χ0v) is 16.4. The van der Waals surface area contributed by atoms with Crippen LogP contribution in [0.2, 0.25) is 0 Å². The molecule has 0 aromatic heterocycles. The second-order valence-electron chi connectivity index (χ2n) is 7.12. The van der Waals surface area contributed by atoms with Crippen molar-refractivity contribution in [3.05, 3.63) is 57.9 Å². The Bertz CT molecular complexity index is 1100. The van der Waals surface area contributed by atoms with Crippen molar-refractivity contribution in [2.75, 3.05) is 6.61 Å². The number of hydrogen-bond acceptors (Lipinski definition) is 2. The summed E-state index contributed by atoms with van der Waals surface area (Å²) in [4.78, 5) is 0. The summed E-state index contributed by atoms with van der Waals surface area (Å²) in [6, 6.07) is 0. The Kier molecular flexibility index (Phi) is 6.91. The summed E-state index contributed by atoms with van der Waals surface area (Å²) in [7, 11) is 0. The second kappa shape index (κ2) is 9.02. The molecule has 1 heterocycles. The summed E-state index contributed by atoms with van der Waals surface area (Å²) in [5.41, 5.74) is -3.19. The van der Waals surface area contributed by atoms with E-state index in [9.17, 15) is 61.5 Å². The maximum Gasteiger partial charge on any atom is 0.315 e. The van der Waals surface area contributed by atoms with Crippen LogP contribution in [0.5, 0.6) is 11.5 Å². The Morgan fingerprint density at radius 3 is 1.46 bits per heavy atom. The first kappa shape index (κ1) is 26.8. The fraction of sp³-hybridized carbons (Fsp3) is 0.368. The zero-order valence-electron chi connectivity index (χ0n) is 16.4. The number of ether oxygens (including phenoxy) is 2. The Hall–Kier alpha value is -2.78. The zero-order chi connectivity index (χ0) is 26.6. The molecule has 2 aromatic carbocycles. The minimum absolute atomic E-state index is 0.117. The SMILES string of the molecule is Fc1c(F)c(F)c(Oc2c(F)c(F)c(C(F)(F)C(F)C(F)(F)C3CCCO3)c(F)c2F)c(F)c1F. The molecule has 1 aliphatic rings. The van der Waals surface area contributed by atoms with Gasteiger partial charge in [0.15, 0.2) is 11.6 Å². The van der Waals surface area contributed by atoms with Crippen LogP contribution in [0.25, 0.3) is 0 Å². The van der Waals surface area contributed by atoms with Gasteiger partial charge in [0, 0.05) is 6.61 Å². The molecule has 2 nitrogen and oxygen atoms in total. The van der Waals surface area contributed by atoms with E-state index in [4.69, 9.17) is 0 Å². The highest BCUT2D eigenvalue weighted by Crippen LogP contribution is 2.48. The van der Waals surface area contributed by atoms with Crippen LogP contribution < -0.4 is 4.74 Å². The van der Waals surface area contributed by atoms with Gasteiger partial charge in [0.25, 0.3) is 0 Å². The van der Waals surface area contributed by atoms with Gasteiger partial charge in [0.1, 0.15) is 11.7 Å². The molecule has 2 unspecified atom stereocenters. The number of alkyl halides is 5. The molecule has 0 radical (unpaired) electrons. The molecule has 194 valence electrons. The van der Waals surface area contributed by atoms with E-state index in [0.717, 1.165) is 0 Å². The molecule has 16 heteroatoms. The van der Waals surface area contributed by atoms with Crippen molar-refractivity contribution in [2.45, 2.75) is 37.0 Å². The lowest BCUT2D eigenvalue weighted by Crippen LogP contribution is -2.50. The first-order valence-electron chi connectivity index (χ1n) is 9.13. The molecule has 0 saturated carbocycles. The van der Waals surface area contributed by atoms with Crippen LogP contribution in [0.1, 0.15) is 18.4 Å². The molecular weight excluding hydrogens is 526 g/mol. The Morgan fingerprint density at radius 2 is 1.06 bits per heavy atom. The molecule has 2 atom stereocenters. The van der Waals surface area contributed by atoms with Crippen molar-refractivity contribution in [3.8, 4) is 11.5 Å². The molecule has 3 rings (SSSR count). The van der Waals surface area contributed by atoms with Crippen LogP contribution in [0.3, 0.4) is 0 Å². The predicted molar refractivity (Wildman–Crippen MR) is 85.3 cm³/mol. The van der Waals surface area contributed by atoms with Gasteiger partial charge in [0.05, 0.1) is 0 Å². The summed E-state index contributed by atoms with van der Waals surface area (Å²) in [5.74, 6) is -42.9. The summed E-state index contributed by atoms with van der Waals surface area (Å²) in [5, 5.41) is 0. The van der Waals surface area contributed by atoms with Crippen LogP contribution in [0.4, 0.5) is 61.5 Å². The van der Waals surface area contributed by atoms with E-state index in [1.807, 2.05) is 0 Å². The number of rotatable bonds is 6. The van der Waals surface area contributed by atoms with Gasteiger partial charge in [0.2, 0.25) is 58.4 Å². The van der Waals surface area contributed by atoms with E-state index in [1.165, 1.54) is 0 Å².